The maximum Gasteiger partial charge on any atom is 0.0993 e. The Morgan fingerprint density at radius 2 is 2.12 bits per heavy atom. The summed E-state index contributed by atoms with van der Waals surface area (Å²) in [7, 11) is 0. The van der Waals surface area contributed by atoms with Crippen LogP contribution in [-0.2, 0) is 5.60 Å². The fraction of sp³-hybridized carbons (Fsp3) is 0.417. The van der Waals surface area contributed by atoms with Crippen LogP contribution in [0.1, 0.15) is 5.56 Å². The normalized spacial score (nSPS) is 35.2. The Labute approximate surface area is 103 Å². The molecule has 3 N–H and O–H groups in total. The van der Waals surface area contributed by atoms with Gasteiger partial charge in [-0.05, 0) is 17.7 Å². The lowest BCUT2D eigenvalue weighted by Crippen LogP contribution is -2.25. The fourth-order valence-electron chi connectivity index (χ4n) is 3.26. The van der Waals surface area contributed by atoms with Gasteiger partial charge in [0, 0.05) is 35.3 Å². The first-order valence-corrected chi connectivity index (χ1v) is 6.15. The first-order valence-electron chi connectivity index (χ1n) is 5.77. The molecule has 2 fully saturated rings. The molecule has 17 heavy (non-hydrogen) atoms. The van der Waals surface area contributed by atoms with Gasteiger partial charge in [-0.2, -0.15) is 5.10 Å². The van der Waals surface area contributed by atoms with E-state index in [2.05, 4.69) is 15.5 Å². The summed E-state index contributed by atoms with van der Waals surface area (Å²) in [5.41, 5.74) is 1.10. The summed E-state index contributed by atoms with van der Waals surface area (Å²) in [6, 6.07) is 3.71. The molecule has 0 bridgehead atoms. The van der Waals surface area contributed by atoms with Crippen LogP contribution in [0.3, 0.4) is 0 Å². The van der Waals surface area contributed by atoms with Gasteiger partial charge in [0.1, 0.15) is 0 Å². The fourth-order valence-corrected chi connectivity index (χ4v) is 3.48. The van der Waals surface area contributed by atoms with Gasteiger partial charge in [0.05, 0.1) is 17.3 Å². The van der Waals surface area contributed by atoms with Gasteiger partial charge in [-0.3, -0.25) is 5.10 Å². The van der Waals surface area contributed by atoms with Crippen molar-refractivity contribution in [1.29, 1.82) is 0 Å². The van der Waals surface area contributed by atoms with E-state index in [1.54, 1.807) is 6.20 Å². The van der Waals surface area contributed by atoms with Crippen LogP contribution in [0.4, 0.5) is 0 Å². The Balaban J connectivity index is 1.94. The molecule has 2 aliphatic rings. The third kappa shape index (κ3) is 1.13. The third-order valence-corrected chi connectivity index (χ3v) is 4.41. The summed E-state index contributed by atoms with van der Waals surface area (Å²) < 4.78 is 0. The number of aliphatic hydroxyl groups is 1. The molecule has 1 aliphatic carbocycles. The molecule has 1 saturated carbocycles. The standard InChI is InChI=1S/C12H12ClN3O/c13-6-1-8(7-3-15-16-11(7)2-6)12(17)9-4-14-5-10(9)12/h1-3,9-10,14,17H,4-5H2,(H,15,16)/t9-,10+,12-. The molecule has 0 amide bonds. The van der Waals surface area contributed by atoms with E-state index in [9.17, 15) is 5.11 Å². The highest BCUT2D eigenvalue weighted by molar-refractivity contribution is 6.31. The van der Waals surface area contributed by atoms with Crippen LogP contribution in [0.2, 0.25) is 5.02 Å². The van der Waals surface area contributed by atoms with E-state index in [1.807, 2.05) is 12.1 Å². The second-order valence-electron chi connectivity index (χ2n) is 4.98. The van der Waals surface area contributed by atoms with Crippen LogP contribution in [0.15, 0.2) is 18.3 Å². The molecule has 0 radical (unpaired) electrons. The van der Waals surface area contributed by atoms with Gasteiger partial charge in [-0.15, -0.1) is 0 Å². The highest BCUT2D eigenvalue weighted by atomic mass is 35.5. The number of rotatable bonds is 1. The van der Waals surface area contributed by atoms with Gasteiger partial charge < -0.3 is 10.4 Å². The molecule has 2 heterocycles. The first-order chi connectivity index (χ1) is 8.21. The molecular formula is C12H12ClN3O. The van der Waals surface area contributed by atoms with E-state index < -0.39 is 5.60 Å². The Morgan fingerprint density at radius 3 is 2.88 bits per heavy atom. The van der Waals surface area contributed by atoms with Crippen molar-refractivity contribution in [1.82, 2.24) is 15.5 Å². The van der Waals surface area contributed by atoms with Crippen molar-refractivity contribution in [3.63, 3.8) is 0 Å². The van der Waals surface area contributed by atoms with E-state index in [4.69, 9.17) is 11.6 Å². The van der Waals surface area contributed by atoms with E-state index in [0.717, 1.165) is 29.6 Å². The van der Waals surface area contributed by atoms with Crippen LogP contribution >= 0.6 is 11.6 Å². The number of H-pyrrole nitrogens is 1. The number of piperidine rings is 1. The third-order valence-electron chi connectivity index (χ3n) is 4.19. The molecule has 0 spiro atoms. The Kier molecular flexibility index (Phi) is 1.75. The van der Waals surface area contributed by atoms with Gasteiger partial charge in [0.15, 0.2) is 0 Å². The quantitative estimate of drug-likeness (QED) is 0.713. The zero-order valence-corrected chi connectivity index (χ0v) is 9.83. The topological polar surface area (TPSA) is 60.9 Å². The average Bonchev–Trinajstić information content (AvgIpc) is 2.79. The number of hydrogen-bond acceptors (Lipinski definition) is 3. The molecule has 4 nitrogen and oxygen atoms in total. The molecule has 1 aromatic carbocycles. The minimum Gasteiger partial charge on any atom is -0.384 e. The lowest BCUT2D eigenvalue weighted by Gasteiger charge is -2.16. The number of nitrogens with zero attached hydrogens (tertiary/aromatic N) is 1. The van der Waals surface area contributed by atoms with Crippen molar-refractivity contribution >= 4 is 22.5 Å². The smallest absolute Gasteiger partial charge is 0.0993 e. The van der Waals surface area contributed by atoms with Gasteiger partial charge in [0.25, 0.3) is 0 Å². The van der Waals surface area contributed by atoms with Crippen molar-refractivity contribution in [2.75, 3.05) is 13.1 Å². The van der Waals surface area contributed by atoms with E-state index in [0.29, 0.717) is 16.9 Å². The maximum atomic E-state index is 10.8. The van der Waals surface area contributed by atoms with Gasteiger partial charge >= 0.3 is 0 Å². The van der Waals surface area contributed by atoms with Gasteiger partial charge in [-0.25, -0.2) is 0 Å². The Hall–Kier alpha value is -1.10. The van der Waals surface area contributed by atoms with Crippen molar-refractivity contribution < 1.29 is 5.11 Å². The molecule has 1 aliphatic heterocycles. The zero-order valence-electron chi connectivity index (χ0n) is 9.07. The number of aromatic amines is 1. The number of hydrogen-bond donors (Lipinski definition) is 3. The molecular weight excluding hydrogens is 238 g/mol. The van der Waals surface area contributed by atoms with Crippen molar-refractivity contribution in [2.24, 2.45) is 11.8 Å². The molecule has 3 atom stereocenters. The number of aromatic nitrogens is 2. The Bertz CT molecular complexity index is 599. The summed E-state index contributed by atoms with van der Waals surface area (Å²) >= 11 is 6.10. The number of nitrogens with one attached hydrogen (secondary N) is 2. The SMILES string of the molecule is O[C@]1(c2cc(Cl)cc3[nH]ncc23)[C@@H]2CNC[C@@H]21. The number of fused-ring (bicyclic) bond motifs is 2. The summed E-state index contributed by atoms with van der Waals surface area (Å²) in [6.45, 7) is 1.76. The zero-order chi connectivity index (χ0) is 11.6. The van der Waals surface area contributed by atoms with E-state index in [-0.39, 0.29) is 0 Å². The van der Waals surface area contributed by atoms with Crippen molar-refractivity contribution in [2.45, 2.75) is 5.60 Å². The second-order valence-corrected chi connectivity index (χ2v) is 5.42. The molecule has 5 heteroatoms. The largest absolute Gasteiger partial charge is 0.384 e. The lowest BCUT2D eigenvalue weighted by molar-refractivity contribution is 0.110. The van der Waals surface area contributed by atoms with Crippen molar-refractivity contribution in [3.05, 3.63) is 28.9 Å². The van der Waals surface area contributed by atoms with E-state index >= 15 is 0 Å². The summed E-state index contributed by atoms with van der Waals surface area (Å²) in [6.07, 6.45) is 1.76. The minimum atomic E-state index is -0.710. The average molecular weight is 250 g/mol. The highest BCUT2D eigenvalue weighted by Crippen LogP contribution is 2.60. The first kappa shape index (κ1) is 9.88. The van der Waals surface area contributed by atoms with Gasteiger partial charge in [-0.1, -0.05) is 11.6 Å². The summed E-state index contributed by atoms with van der Waals surface area (Å²) in [5, 5.41) is 22.6. The van der Waals surface area contributed by atoms with Crippen molar-refractivity contribution in [3.8, 4) is 0 Å². The maximum absolute atomic E-state index is 10.8. The molecule has 1 aromatic heterocycles. The lowest BCUT2D eigenvalue weighted by atomic mass is 9.99. The highest BCUT2D eigenvalue weighted by Gasteiger charge is 2.67. The Morgan fingerprint density at radius 1 is 1.35 bits per heavy atom. The monoisotopic (exact) mass is 249 g/mol. The molecule has 4 rings (SSSR count). The molecule has 2 aromatic rings. The van der Waals surface area contributed by atoms with Crippen LogP contribution in [0, 0.1) is 11.8 Å². The number of halogens is 1. The number of benzene rings is 1. The molecule has 88 valence electrons. The predicted octanol–water partition coefficient (Wildman–Crippen LogP) is 1.25. The summed E-state index contributed by atoms with van der Waals surface area (Å²) in [5.74, 6) is 0.637. The molecule has 0 unspecified atom stereocenters. The van der Waals surface area contributed by atoms with Crippen LogP contribution < -0.4 is 5.32 Å². The summed E-state index contributed by atoms with van der Waals surface area (Å²) in [4.78, 5) is 0. The predicted molar refractivity (Wildman–Crippen MR) is 64.9 cm³/mol. The minimum absolute atomic E-state index is 0.319. The van der Waals surface area contributed by atoms with Crippen LogP contribution in [0.5, 0.6) is 0 Å². The van der Waals surface area contributed by atoms with E-state index in [1.165, 1.54) is 0 Å². The second kappa shape index (κ2) is 3.02. The van der Waals surface area contributed by atoms with Gasteiger partial charge in [0.2, 0.25) is 0 Å². The van der Waals surface area contributed by atoms with Crippen LogP contribution in [-0.4, -0.2) is 28.4 Å². The molecule has 1 saturated heterocycles. The van der Waals surface area contributed by atoms with Crippen LogP contribution in [0.25, 0.3) is 10.9 Å².